The Kier molecular flexibility index (Phi) is 2.78. The Morgan fingerprint density at radius 1 is 1.47 bits per heavy atom. The van der Waals surface area contributed by atoms with Crippen LogP contribution in [0.2, 0.25) is 0 Å². The first kappa shape index (κ1) is 11.2. The predicted octanol–water partition coefficient (Wildman–Crippen LogP) is 0.860. The smallest absolute Gasteiger partial charge is 0.356 e. The van der Waals surface area contributed by atoms with Gasteiger partial charge in [-0.25, -0.2) is 4.79 Å². The highest BCUT2D eigenvalue weighted by atomic mass is 16.4. The minimum atomic E-state index is -1.14. The van der Waals surface area contributed by atoms with E-state index in [1.54, 1.807) is 13.8 Å². The molecule has 1 rings (SSSR count). The van der Waals surface area contributed by atoms with E-state index in [1.165, 1.54) is 6.07 Å². The van der Waals surface area contributed by atoms with E-state index in [2.05, 4.69) is 10.2 Å². The normalized spacial score (nSPS) is 11.3. The van der Waals surface area contributed by atoms with Crippen molar-refractivity contribution in [1.29, 1.82) is 0 Å². The number of aromatic nitrogens is 2. The van der Waals surface area contributed by atoms with Crippen molar-refractivity contribution in [2.45, 2.75) is 25.7 Å². The molecule has 0 aromatic carbocycles. The molecule has 6 nitrogen and oxygen atoms in total. The number of hydrogen-bond donors (Lipinski definition) is 3. The third kappa shape index (κ3) is 2.55. The Bertz CT molecular complexity index is 395. The standard InChI is InChI=1S/C9H12N2O4/c1-9(2,4-7(12)13)6-3-5(8(14)15)10-11-6/h3H,4H2,1-2H3,(H,10,11)(H,12,13)(H,14,15). The summed E-state index contributed by atoms with van der Waals surface area (Å²) in [6, 6.07) is 1.35. The number of aromatic carboxylic acids is 1. The first-order valence-electron chi connectivity index (χ1n) is 4.34. The zero-order valence-electron chi connectivity index (χ0n) is 8.44. The zero-order chi connectivity index (χ0) is 11.6. The number of aliphatic carboxylic acids is 1. The lowest BCUT2D eigenvalue weighted by Gasteiger charge is -2.19. The number of carboxylic acid groups (broad SMARTS) is 2. The number of nitrogens with zero attached hydrogens (tertiary/aromatic N) is 1. The van der Waals surface area contributed by atoms with Crippen molar-refractivity contribution in [2.24, 2.45) is 0 Å². The maximum atomic E-state index is 10.6. The van der Waals surface area contributed by atoms with Crippen LogP contribution in [0.25, 0.3) is 0 Å². The molecule has 0 fully saturated rings. The van der Waals surface area contributed by atoms with Crippen molar-refractivity contribution in [3.8, 4) is 0 Å². The average Bonchev–Trinajstić information content (AvgIpc) is 2.48. The molecule has 0 spiro atoms. The minimum absolute atomic E-state index is 0.0890. The number of nitrogens with one attached hydrogen (secondary N) is 1. The van der Waals surface area contributed by atoms with Crippen LogP contribution in [0.15, 0.2) is 6.07 Å². The van der Waals surface area contributed by atoms with Gasteiger partial charge in [0.1, 0.15) is 0 Å². The molecule has 0 unspecified atom stereocenters. The Morgan fingerprint density at radius 2 is 2.07 bits per heavy atom. The van der Waals surface area contributed by atoms with Gasteiger partial charge in [0.15, 0.2) is 5.69 Å². The number of rotatable bonds is 4. The second-order valence-electron chi connectivity index (χ2n) is 3.93. The van der Waals surface area contributed by atoms with Crippen molar-refractivity contribution < 1.29 is 19.8 Å². The van der Waals surface area contributed by atoms with Crippen molar-refractivity contribution in [1.82, 2.24) is 10.2 Å². The molecule has 0 aliphatic carbocycles. The van der Waals surface area contributed by atoms with Crippen molar-refractivity contribution in [2.75, 3.05) is 0 Å². The van der Waals surface area contributed by atoms with Gasteiger partial charge in [-0.05, 0) is 6.07 Å². The second kappa shape index (κ2) is 3.72. The van der Waals surface area contributed by atoms with Crippen LogP contribution >= 0.6 is 0 Å². The number of H-pyrrole nitrogens is 1. The molecule has 0 amide bonds. The second-order valence-corrected chi connectivity index (χ2v) is 3.93. The molecule has 15 heavy (non-hydrogen) atoms. The summed E-state index contributed by atoms with van der Waals surface area (Å²) in [6.45, 7) is 3.42. The Morgan fingerprint density at radius 3 is 2.47 bits per heavy atom. The fraction of sp³-hybridized carbons (Fsp3) is 0.444. The van der Waals surface area contributed by atoms with Gasteiger partial charge in [0.05, 0.1) is 6.42 Å². The van der Waals surface area contributed by atoms with Crippen LogP contribution in [0.3, 0.4) is 0 Å². The van der Waals surface area contributed by atoms with Crippen LogP contribution in [0.5, 0.6) is 0 Å². The van der Waals surface area contributed by atoms with E-state index in [9.17, 15) is 9.59 Å². The lowest BCUT2D eigenvalue weighted by Crippen LogP contribution is -2.22. The van der Waals surface area contributed by atoms with Gasteiger partial charge in [-0.3, -0.25) is 9.89 Å². The Balaban J connectivity index is 2.94. The van der Waals surface area contributed by atoms with Crippen LogP contribution in [-0.2, 0) is 10.2 Å². The van der Waals surface area contributed by atoms with E-state index in [4.69, 9.17) is 10.2 Å². The van der Waals surface area contributed by atoms with E-state index < -0.39 is 17.4 Å². The molecule has 0 radical (unpaired) electrons. The maximum absolute atomic E-state index is 10.6. The van der Waals surface area contributed by atoms with Crippen molar-refractivity contribution >= 4 is 11.9 Å². The maximum Gasteiger partial charge on any atom is 0.356 e. The van der Waals surface area contributed by atoms with Gasteiger partial charge in [0.2, 0.25) is 0 Å². The summed E-state index contributed by atoms with van der Waals surface area (Å²) in [4.78, 5) is 21.1. The van der Waals surface area contributed by atoms with E-state index >= 15 is 0 Å². The van der Waals surface area contributed by atoms with Gasteiger partial charge in [0.25, 0.3) is 0 Å². The van der Waals surface area contributed by atoms with Gasteiger partial charge in [0, 0.05) is 11.1 Å². The number of hydrogen-bond acceptors (Lipinski definition) is 3. The van der Waals surface area contributed by atoms with Crippen LogP contribution < -0.4 is 0 Å². The third-order valence-electron chi connectivity index (χ3n) is 2.12. The molecule has 1 aromatic rings. The molecular formula is C9H12N2O4. The molecule has 1 heterocycles. The quantitative estimate of drug-likeness (QED) is 0.686. The van der Waals surface area contributed by atoms with Gasteiger partial charge < -0.3 is 10.2 Å². The molecule has 0 aliphatic rings. The predicted molar refractivity (Wildman–Crippen MR) is 50.8 cm³/mol. The summed E-state index contributed by atoms with van der Waals surface area (Å²) in [5, 5.41) is 23.4. The fourth-order valence-electron chi connectivity index (χ4n) is 1.25. The van der Waals surface area contributed by atoms with E-state index in [-0.39, 0.29) is 12.1 Å². The highest BCUT2D eigenvalue weighted by Gasteiger charge is 2.27. The highest BCUT2D eigenvalue weighted by molar-refractivity contribution is 5.85. The molecule has 0 atom stereocenters. The molecule has 0 saturated carbocycles. The summed E-state index contributed by atoms with van der Waals surface area (Å²) in [6.07, 6.45) is -0.0890. The molecule has 0 saturated heterocycles. The van der Waals surface area contributed by atoms with Gasteiger partial charge in [-0.2, -0.15) is 5.10 Å². The van der Waals surface area contributed by atoms with Crippen molar-refractivity contribution in [3.05, 3.63) is 17.5 Å². The average molecular weight is 212 g/mol. The topological polar surface area (TPSA) is 103 Å². The SMILES string of the molecule is CC(C)(CC(=O)O)c1cc(C(=O)O)n[nH]1. The summed E-state index contributed by atoms with van der Waals surface area (Å²) in [7, 11) is 0. The lowest BCUT2D eigenvalue weighted by atomic mass is 9.85. The number of carbonyl (C=O) groups is 2. The number of carboxylic acids is 2. The summed E-state index contributed by atoms with van der Waals surface area (Å²) < 4.78 is 0. The number of aromatic amines is 1. The highest BCUT2D eigenvalue weighted by Crippen LogP contribution is 2.25. The first-order valence-corrected chi connectivity index (χ1v) is 4.34. The molecule has 0 bridgehead atoms. The van der Waals surface area contributed by atoms with E-state index in [0.29, 0.717) is 5.69 Å². The lowest BCUT2D eigenvalue weighted by molar-refractivity contribution is -0.138. The van der Waals surface area contributed by atoms with Crippen LogP contribution in [-0.4, -0.2) is 32.3 Å². The van der Waals surface area contributed by atoms with E-state index in [0.717, 1.165) is 0 Å². The van der Waals surface area contributed by atoms with E-state index in [1.807, 2.05) is 0 Å². The fourth-order valence-corrected chi connectivity index (χ4v) is 1.25. The Hall–Kier alpha value is -1.85. The largest absolute Gasteiger partial charge is 0.481 e. The van der Waals surface area contributed by atoms with Gasteiger partial charge >= 0.3 is 11.9 Å². The van der Waals surface area contributed by atoms with Crippen LogP contribution in [0.1, 0.15) is 36.5 Å². The monoisotopic (exact) mass is 212 g/mol. The van der Waals surface area contributed by atoms with Crippen LogP contribution in [0, 0.1) is 0 Å². The van der Waals surface area contributed by atoms with Gasteiger partial charge in [-0.15, -0.1) is 0 Å². The summed E-state index contributed by atoms with van der Waals surface area (Å²) in [5.74, 6) is -2.07. The first-order chi connectivity index (χ1) is 6.83. The van der Waals surface area contributed by atoms with Crippen molar-refractivity contribution in [3.63, 3.8) is 0 Å². The third-order valence-corrected chi connectivity index (χ3v) is 2.12. The van der Waals surface area contributed by atoms with Crippen LogP contribution in [0.4, 0.5) is 0 Å². The summed E-state index contributed by atoms with van der Waals surface area (Å²) >= 11 is 0. The molecule has 0 aliphatic heterocycles. The molecule has 6 heteroatoms. The zero-order valence-corrected chi connectivity index (χ0v) is 8.44. The molecule has 3 N–H and O–H groups in total. The molecule has 82 valence electrons. The minimum Gasteiger partial charge on any atom is -0.481 e. The Labute approximate surface area is 85.9 Å². The van der Waals surface area contributed by atoms with Gasteiger partial charge in [-0.1, -0.05) is 13.8 Å². The summed E-state index contributed by atoms with van der Waals surface area (Å²) in [5.41, 5.74) is -0.266. The molecule has 1 aromatic heterocycles. The molecular weight excluding hydrogens is 200 g/mol.